The quantitative estimate of drug-likeness (QED) is 0.116. The zero-order valence-electron chi connectivity index (χ0n) is 28.5. The van der Waals surface area contributed by atoms with Crippen LogP contribution >= 0.6 is 14.3 Å². The van der Waals surface area contributed by atoms with Crippen molar-refractivity contribution in [1.29, 1.82) is 0 Å². The lowest BCUT2D eigenvalue weighted by molar-refractivity contribution is 0.198. The third-order valence-electron chi connectivity index (χ3n) is 6.84. The average molecular weight is 723 g/mol. The fourth-order valence-electron chi connectivity index (χ4n) is 4.37. The van der Waals surface area contributed by atoms with E-state index in [0.29, 0.717) is 21.2 Å². The zero-order chi connectivity index (χ0) is 36.4. The fourth-order valence-corrected chi connectivity index (χ4v) is 8.43. The third kappa shape index (κ3) is 13.3. The lowest BCUT2D eigenvalue weighted by atomic mass is 10.4. The van der Waals surface area contributed by atoms with Crippen LogP contribution < -0.4 is 21.2 Å². The van der Waals surface area contributed by atoms with Crippen LogP contribution in [0.25, 0.3) is 0 Å². The van der Waals surface area contributed by atoms with Crippen LogP contribution in [0.15, 0.2) is 121 Å². The molecule has 258 valence electrons. The largest absolute Gasteiger partial charge is 0.356 e. The molecule has 4 rings (SSSR count). The van der Waals surface area contributed by atoms with Crippen LogP contribution in [0.2, 0.25) is 0 Å². The molecular formula is C44H36O6P2. The number of hydrogen-bond acceptors (Lipinski definition) is 6. The summed E-state index contributed by atoms with van der Waals surface area (Å²) in [6.07, 6.45) is 0. The minimum absolute atomic E-state index is 0.112. The summed E-state index contributed by atoms with van der Waals surface area (Å²) in [4.78, 5) is 0. The van der Waals surface area contributed by atoms with E-state index in [-0.39, 0.29) is 52.9 Å². The van der Waals surface area contributed by atoms with E-state index < -0.39 is 14.3 Å². The topological polar surface area (TPSA) is 71.1 Å². The Kier molecular flexibility index (Phi) is 17.5. The second-order valence-corrected chi connectivity index (χ2v) is 15.4. The summed E-state index contributed by atoms with van der Waals surface area (Å²) in [6.45, 7) is 1.37. The van der Waals surface area contributed by atoms with Gasteiger partial charge in [-0.1, -0.05) is 169 Å². The SMILES string of the molecule is O=P(C#CCOCC#CCOCC#CC#CCOCC#CCOCC#CP(=O)(c1ccccc1)c1ccccc1)(c1ccccc1)c1ccccc1. The van der Waals surface area contributed by atoms with Gasteiger partial charge in [-0.15, -0.1) is 0 Å². The van der Waals surface area contributed by atoms with Crippen LogP contribution in [0.3, 0.4) is 0 Å². The van der Waals surface area contributed by atoms with Gasteiger partial charge in [0.05, 0.1) is 0 Å². The van der Waals surface area contributed by atoms with Gasteiger partial charge in [-0.3, -0.25) is 9.13 Å². The standard InChI is InChI=1S/C44H36O6P2/c45-51(41-23-7-3-8-24-41,42-25-9-4-10-26-42)39-21-37-49-35-19-17-33-47-31-15-1-2-16-32-48-34-18-20-36-50-38-22-40-52(46,43-27-11-5-12-28-43)44-29-13-6-14-30-44/h3-14,23-30H,31-38H2. The van der Waals surface area contributed by atoms with Crippen molar-refractivity contribution >= 4 is 35.5 Å². The number of hydrogen-bond donors (Lipinski definition) is 0. The van der Waals surface area contributed by atoms with Crippen LogP contribution in [0.1, 0.15) is 0 Å². The van der Waals surface area contributed by atoms with E-state index in [1.165, 1.54) is 0 Å². The minimum atomic E-state index is -3.08. The summed E-state index contributed by atoms with van der Waals surface area (Å²) < 4.78 is 49.2. The Balaban J connectivity index is 1.04. The van der Waals surface area contributed by atoms with Gasteiger partial charge in [0.15, 0.2) is 0 Å². The Morgan fingerprint density at radius 2 is 0.558 bits per heavy atom. The van der Waals surface area contributed by atoms with E-state index in [9.17, 15) is 9.13 Å². The molecule has 0 amide bonds. The van der Waals surface area contributed by atoms with Gasteiger partial charge in [-0.05, 0) is 23.2 Å². The van der Waals surface area contributed by atoms with Crippen molar-refractivity contribution in [3.05, 3.63) is 121 Å². The minimum Gasteiger partial charge on any atom is -0.356 e. The lowest BCUT2D eigenvalue weighted by Gasteiger charge is -2.12. The molecule has 0 saturated heterocycles. The highest BCUT2D eigenvalue weighted by Gasteiger charge is 2.25. The molecule has 0 spiro atoms. The molecule has 0 bridgehead atoms. The van der Waals surface area contributed by atoms with Gasteiger partial charge < -0.3 is 18.9 Å². The molecule has 0 radical (unpaired) electrons. The molecular weight excluding hydrogens is 686 g/mol. The fraction of sp³-hybridized carbons (Fsp3) is 0.182. The van der Waals surface area contributed by atoms with Gasteiger partial charge in [0.1, 0.15) is 52.9 Å². The summed E-state index contributed by atoms with van der Waals surface area (Å²) in [7, 11) is -6.17. The zero-order valence-corrected chi connectivity index (χ0v) is 30.3. The van der Waals surface area contributed by atoms with Gasteiger partial charge in [0.25, 0.3) is 0 Å². The molecule has 0 aliphatic rings. The van der Waals surface area contributed by atoms with Crippen molar-refractivity contribution in [3.8, 4) is 70.5 Å². The maximum Gasteiger partial charge on any atom is 0.210 e. The first-order valence-corrected chi connectivity index (χ1v) is 19.7. The van der Waals surface area contributed by atoms with Gasteiger partial charge in [-0.25, -0.2) is 0 Å². The van der Waals surface area contributed by atoms with Gasteiger partial charge in [-0.2, -0.15) is 0 Å². The monoisotopic (exact) mass is 722 g/mol. The van der Waals surface area contributed by atoms with E-state index in [0.717, 1.165) is 0 Å². The van der Waals surface area contributed by atoms with E-state index in [2.05, 4.69) is 70.5 Å². The molecule has 0 N–H and O–H groups in total. The number of rotatable bonds is 12. The molecule has 0 aliphatic carbocycles. The highest BCUT2D eigenvalue weighted by molar-refractivity contribution is 7.83. The van der Waals surface area contributed by atoms with Gasteiger partial charge in [0, 0.05) is 21.2 Å². The summed E-state index contributed by atoms with van der Waals surface area (Å²) >= 11 is 0. The van der Waals surface area contributed by atoms with Crippen molar-refractivity contribution in [2.75, 3.05) is 52.9 Å². The third-order valence-corrected chi connectivity index (χ3v) is 11.9. The summed E-state index contributed by atoms with van der Waals surface area (Å²) in [5.74, 6) is 28.2. The molecule has 8 heteroatoms. The Morgan fingerprint density at radius 1 is 0.327 bits per heavy atom. The van der Waals surface area contributed by atoms with Crippen LogP contribution in [-0.2, 0) is 28.1 Å². The van der Waals surface area contributed by atoms with Crippen molar-refractivity contribution in [1.82, 2.24) is 0 Å². The molecule has 4 aromatic carbocycles. The Morgan fingerprint density at radius 3 is 0.827 bits per heavy atom. The Labute approximate surface area is 307 Å². The van der Waals surface area contributed by atoms with Crippen LogP contribution in [-0.4, -0.2) is 52.9 Å². The molecule has 0 aromatic heterocycles. The molecule has 6 nitrogen and oxygen atoms in total. The predicted molar refractivity (Wildman–Crippen MR) is 209 cm³/mol. The van der Waals surface area contributed by atoms with E-state index in [4.69, 9.17) is 18.9 Å². The number of benzene rings is 4. The van der Waals surface area contributed by atoms with Gasteiger partial charge >= 0.3 is 0 Å². The Bertz CT molecular complexity index is 1940. The summed E-state index contributed by atoms with van der Waals surface area (Å²) in [6, 6.07) is 37.0. The lowest BCUT2D eigenvalue weighted by Crippen LogP contribution is -2.14. The summed E-state index contributed by atoms with van der Waals surface area (Å²) in [5.41, 5.74) is 5.91. The highest BCUT2D eigenvalue weighted by Crippen LogP contribution is 2.42. The normalized spacial score (nSPS) is 10.1. The first-order valence-electron chi connectivity index (χ1n) is 16.2. The second kappa shape index (κ2) is 23.1. The smallest absolute Gasteiger partial charge is 0.210 e. The number of ether oxygens (including phenoxy) is 4. The maximum atomic E-state index is 13.8. The van der Waals surface area contributed by atoms with Crippen molar-refractivity contribution in [2.45, 2.75) is 0 Å². The maximum absolute atomic E-state index is 13.8. The molecule has 0 unspecified atom stereocenters. The first-order chi connectivity index (χ1) is 25.6. The molecule has 0 atom stereocenters. The van der Waals surface area contributed by atoms with Crippen molar-refractivity contribution < 1.29 is 28.1 Å². The van der Waals surface area contributed by atoms with E-state index in [1.54, 1.807) is 0 Å². The van der Waals surface area contributed by atoms with Crippen molar-refractivity contribution in [3.63, 3.8) is 0 Å². The van der Waals surface area contributed by atoms with Crippen molar-refractivity contribution in [2.24, 2.45) is 0 Å². The molecule has 0 fully saturated rings. The molecule has 4 aromatic rings. The van der Waals surface area contributed by atoms with Crippen LogP contribution in [0, 0.1) is 70.5 Å². The molecule has 0 saturated carbocycles. The molecule has 52 heavy (non-hydrogen) atoms. The van der Waals surface area contributed by atoms with Crippen LogP contribution in [0.5, 0.6) is 0 Å². The molecule has 0 heterocycles. The van der Waals surface area contributed by atoms with E-state index >= 15 is 0 Å². The Hall–Kier alpha value is -5.46. The highest BCUT2D eigenvalue weighted by atomic mass is 31.2. The summed E-state index contributed by atoms with van der Waals surface area (Å²) in [5, 5.41) is 2.76. The predicted octanol–water partition coefficient (Wildman–Crippen LogP) is 5.02. The van der Waals surface area contributed by atoms with E-state index in [1.807, 2.05) is 121 Å². The van der Waals surface area contributed by atoms with Crippen LogP contribution in [0.4, 0.5) is 0 Å². The first kappa shape index (κ1) is 39.3. The average Bonchev–Trinajstić information content (AvgIpc) is 3.20. The van der Waals surface area contributed by atoms with Gasteiger partial charge in [0.2, 0.25) is 14.3 Å². The second-order valence-electron chi connectivity index (χ2n) is 10.4. The molecule has 0 aliphatic heterocycles.